The Kier molecular flexibility index (Phi) is 12.0. The Balaban J connectivity index is 1.79. The van der Waals surface area contributed by atoms with E-state index in [1.807, 2.05) is 37.3 Å². The zero-order chi connectivity index (χ0) is 32.4. The molecule has 7 nitrogen and oxygen atoms in total. The van der Waals surface area contributed by atoms with Gasteiger partial charge in [-0.25, -0.2) is 8.42 Å². The summed E-state index contributed by atoms with van der Waals surface area (Å²) in [5.41, 5.74) is 2.64. The molecule has 1 atom stereocenters. The Morgan fingerprint density at radius 2 is 1.40 bits per heavy atom. The molecule has 4 rings (SSSR count). The Bertz CT molecular complexity index is 1680. The molecule has 4 aromatic carbocycles. The van der Waals surface area contributed by atoms with Gasteiger partial charge in [-0.1, -0.05) is 97.2 Å². The first kappa shape index (κ1) is 34.0. The van der Waals surface area contributed by atoms with Crippen LogP contribution in [0.2, 0.25) is 10.0 Å². The normalized spacial score (nSPS) is 11.9. The lowest BCUT2D eigenvalue weighted by atomic mass is 10.0. The smallest absolute Gasteiger partial charge is 0.264 e. The van der Waals surface area contributed by atoms with Crippen LogP contribution in [0.15, 0.2) is 108 Å². The van der Waals surface area contributed by atoms with Crippen molar-refractivity contribution in [2.75, 3.05) is 17.4 Å². The number of hydrogen-bond donors (Lipinski definition) is 1. The van der Waals surface area contributed by atoms with E-state index in [1.165, 1.54) is 29.2 Å². The van der Waals surface area contributed by atoms with Gasteiger partial charge in [0.2, 0.25) is 11.8 Å². The van der Waals surface area contributed by atoms with Gasteiger partial charge in [0.25, 0.3) is 10.0 Å². The third kappa shape index (κ3) is 9.10. The first-order valence-electron chi connectivity index (χ1n) is 14.8. The van der Waals surface area contributed by atoms with Crippen LogP contribution in [0.3, 0.4) is 0 Å². The van der Waals surface area contributed by atoms with Gasteiger partial charge in [-0.2, -0.15) is 0 Å². The van der Waals surface area contributed by atoms with Crippen LogP contribution in [0.4, 0.5) is 5.69 Å². The van der Waals surface area contributed by atoms with Gasteiger partial charge in [-0.15, -0.1) is 0 Å². The predicted octanol–water partition coefficient (Wildman–Crippen LogP) is 7.05. The van der Waals surface area contributed by atoms with Crippen LogP contribution >= 0.6 is 23.2 Å². The molecular formula is C35H37Cl2N3O4S. The average Bonchev–Trinajstić information content (AvgIpc) is 3.03. The molecule has 0 radical (unpaired) electrons. The van der Waals surface area contributed by atoms with E-state index in [1.54, 1.807) is 55.5 Å². The molecule has 0 bridgehead atoms. The molecule has 0 aliphatic rings. The SMILES string of the molecule is CCCCNC(=O)[C@H](Cc1ccccc1)N(Cc1ccc(Cl)cc1)C(=O)CN(c1ccccc1C)S(=O)(=O)c1ccc(Cl)cc1. The maximum Gasteiger partial charge on any atom is 0.264 e. The van der Waals surface area contributed by atoms with E-state index in [0.29, 0.717) is 27.8 Å². The second-order valence-electron chi connectivity index (χ2n) is 10.8. The molecule has 1 N–H and O–H groups in total. The number of amides is 2. The molecule has 0 aliphatic carbocycles. The lowest BCUT2D eigenvalue weighted by Crippen LogP contribution is -2.53. The van der Waals surface area contributed by atoms with Crippen molar-refractivity contribution in [2.45, 2.75) is 50.6 Å². The largest absolute Gasteiger partial charge is 0.354 e. The van der Waals surface area contributed by atoms with E-state index in [-0.39, 0.29) is 23.8 Å². The van der Waals surface area contributed by atoms with Crippen LogP contribution in [0.5, 0.6) is 0 Å². The highest BCUT2D eigenvalue weighted by molar-refractivity contribution is 7.92. The third-order valence-corrected chi connectivity index (χ3v) is 9.71. The summed E-state index contributed by atoms with van der Waals surface area (Å²) in [5, 5.41) is 3.92. The number of nitrogens with zero attached hydrogens (tertiary/aromatic N) is 2. The summed E-state index contributed by atoms with van der Waals surface area (Å²) < 4.78 is 29.4. The first-order valence-corrected chi connectivity index (χ1v) is 17.0. The molecule has 0 spiro atoms. The predicted molar refractivity (Wildman–Crippen MR) is 181 cm³/mol. The number of benzene rings is 4. The highest BCUT2D eigenvalue weighted by Crippen LogP contribution is 2.28. The number of anilines is 1. The number of halogens is 2. The molecular weight excluding hydrogens is 629 g/mol. The summed E-state index contributed by atoms with van der Waals surface area (Å²) in [6, 6.07) is 28.4. The van der Waals surface area contributed by atoms with Crippen LogP contribution in [0.1, 0.15) is 36.5 Å². The second-order valence-corrected chi connectivity index (χ2v) is 13.5. The van der Waals surface area contributed by atoms with Gasteiger partial charge in [-0.3, -0.25) is 13.9 Å². The molecule has 0 aromatic heterocycles. The number of unbranched alkanes of at least 4 members (excludes halogenated alkanes) is 1. The number of sulfonamides is 1. The number of carbonyl (C=O) groups excluding carboxylic acids is 2. The lowest BCUT2D eigenvalue weighted by Gasteiger charge is -2.34. The van der Waals surface area contributed by atoms with E-state index in [2.05, 4.69) is 5.32 Å². The number of aryl methyl sites for hydroxylation is 1. The maximum atomic E-state index is 14.5. The lowest BCUT2D eigenvalue weighted by molar-refractivity contribution is -0.140. The van der Waals surface area contributed by atoms with E-state index < -0.39 is 28.5 Å². The van der Waals surface area contributed by atoms with Gasteiger partial charge < -0.3 is 10.2 Å². The summed E-state index contributed by atoms with van der Waals surface area (Å²) in [6.07, 6.45) is 1.92. The van der Waals surface area contributed by atoms with Crippen molar-refractivity contribution in [2.24, 2.45) is 0 Å². The second kappa shape index (κ2) is 15.9. The molecule has 0 fully saturated rings. The zero-order valence-electron chi connectivity index (χ0n) is 25.3. The minimum absolute atomic E-state index is 0.00894. The topological polar surface area (TPSA) is 86.8 Å². The fraction of sp³-hybridized carbons (Fsp3) is 0.257. The molecule has 45 heavy (non-hydrogen) atoms. The van der Waals surface area contributed by atoms with Crippen LogP contribution in [-0.4, -0.2) is 44.3 Å². The van der Waals surface area contributed by atoms with Gasteiger partial charge in [0, 0.05) is 29.6 Å². The van der Waals surface area contributed by atoms with Crippen LogP contribution in [0, 0.1) is 6.92 Å². The van der Waals surface area contributed by atoms with Gasteiger partial charge in [0.1, 0.15) is 12.6 Å². The van der Waals surface area contributed by atoms with Crippen molar-refractivity contribution in [1.29, 1.82) is 0 Å². The number of nitrogens with one attached hydrogen (secondary N) is 1. The number of carbonyl (C=O) groups is 2. The van der Waals surface area contributed by atoms with Crippen molar-refractivity contribution in [3.8, 4) is 0 Å². The van der Waals surface area contributed by atoms with E-state index in [0.717, 1.165) is 28.3 Å². The van der Waals surface area contributed by atoms with E-state index in [9.17, 15) is 18.0 Å². The van der Waals surface area contributed by atoms with Crippen LogP contribution < -0.4 is 9.62 Å². The molecule has 2 amide bonds. The van der Waals surface area contributed by atoms with Gasteiger partial charge in [0.15, 0.2) is 0 Å². The number of rotatable bonds is 14. The minimum atomic E-state index is -4.21. The van der Waals surface area contributed by atoms with Crippen molar-refractivity contribution in [3.63, 3.8) is 0 Å². The minimum Gasteiger partial charge on any atom is -0.354 e. The summed E-state index contributed by atoms with van der Waals surface area (Å²) in [6.45, 7) is 3.82. The molecule has 0 unspecified atom stereocenters. The third-order valence-electron chi connectivity index (χ3n) is 7.43. The molecule has 236 valence electrons. The number of para-hydroxylation sites is 1. The Hall–Kier alpha value is -3.85. The van der Waals surface area contributed by atoms with E-state index in [4.69, 9.17) is 23.2 Å². The average molecular weight is 667 g/mol. The Morgan fingerprint density at radius 1 is 0.800 bits per heavy atom. The highest BCUT2D eigenvalue weighted by Gasteiger charge is 2.35. The van der Waals surface area contributed by atoms with Gasteiger partial charge in [0.05, 0.1) is 10.6 Å². The Morgan fingerprint density at radius 3 is 2.02 bits per heavy atom. The van der Waals surface area contributed by atoms with Crippen molar-refractivity contribution in [3.05, 3.63) is 130 Å². The first-order chi connectivity index (χ1) is 21.6. The maximum absolute atomic E-state index is 14.5. The summed E-state index contributed by atoms with van der Waals surface area (Å²) in [5.74, 6) is -0.838. The molecule has 0 saturated carbocycles. The molecule has 10 heteroatoms. The zero-order valence-corrected chi connectivity index (χ0v) is 27.7. The Labute approximate surface area is 275 Å². The van der Waals surface area contributed by atoms with E-state index >= 15 is 0 Å². The van der Waals surface area contributed by atoms with Crippen molar-refractivity contribution in [1.82, 2.24) is 10.2 Å². The van der Waals surface area contributed by atoms with Crippen molar-refractivity contribution >= 4 is 50.7 Å². The van der Waals surface area contributed by atoms with Gasteiger partial charge in [-0.05, 0) is 72.5 Å². The fourth-order valence-corrected chi connectivity index (χ4v) is 6.67. The molecule has 0 saturated heterocycles. The van der Waals surface area contributed by atoms with Crippen LogP contribution in [0.25, 0.3) is 0 Å². The molecule has 0 aliphatic heterocycles. The monoisotopic (exact) mass is 665 g/mol. The highest BCUT2D eigenvalue weighted by atomic mass is 35.5. The van der Waals surface area contributed by atoms with Gasteiger partial charge >= 0.3 is 0 Å². The molecule has 4 aromatic rings. The standard InChI is InChI=1S/C35H37Cl2N3O4S/c1-3-4-22-38-35(42)33(23-27-11-6-5-7-12-27)39(24-28-14-16-29(36)17-15-28)34(41)25-40(32-13-9-8-10-26(32)2)45(43,44)31-20-18-30(37)19-21-31/h5-21,33H,3-4,22-25H2,1-2H3,(H,38,42)/t33-/m0/s1. The van der Waals surface area contributed by atoms with Crippen molar-refractivity contribution < 1.29 is 18.0 Å². The molecule has 0 heterocycles. The summed E-state index contributed by atoms with van der Waals surface area (Å²) in [7, 11) is -4.21. The van der Waals surface area contributed by atoms with Crippen LogP contribution in [-0.2, 0) is 32.6 Å². The fourth-order valence-electron chi connectivity index (χ4n) is 4.94. The quantitative estimate of drug-likeness (QED) is 0.146. The summed E-state index contributed by atoms with van der Waals surface area (Å²) in [4.78, 5) is 29.8. The summed E-state index contributed by atoms with van der Waals surface area (Å²) >= 11 is 12.2. The number of hydrogen-bond acceptors (Lipinski definition) is 4.